The molecule has 0 spiro atoms. The van der Waals surface area contributed by atoms with Crippen molar-refractivity contribution >= 4 is 54.1 Å². The molecule has 0 radical (unpaired) electrons. The molecule has 348 valence electrons. The van der Waals surface area contributed by atoms with Crippen molar-refractivity contribution in [2.75, 3.05) is 13.2 Å². The summed E-state index contributed by atoms with van der Waals surface area (Å²) in [6, 6.07) is -1.93. The molecule has 0 saturated carbocycles. The van der Waals surface area contributed by atoms with Crippen molar-refractivity contribution in [1.82, 2.24) is 10.2 Å². The van der Waals surface area contributed by atoms with Gasteiger partial charge < -0.3 is 43.2 Å². The number of carbonyl (C=O) groups is 9. The van der Waals surface area contributed by atoms with Crippen molar-refractivity contribution in [3.05, 3.63) is 0 Å². The quantitative estimate of drug-likeness (QED) is 0.110. The molecular formula is C41H72N2O17. The molecule has 0 aliphatic rings. The van der Waals surface area contributed by atoms with Crippen LogP contribution in [-0.2, 0) is 57.1 Å². The number of alkyl carbamates (subject to hydrolysis) is 1. The molecule has 19 heteroatoms. The summed E-state index contributed by atoms with van der Waals surface area (Å²) in [6.07, 6.45) is -4.72. The number of esters is 2. The zero-order valence-corrected chi connectivity index (χ0v) is 39.3. The number of hydrogen-bond donors (Lipinski definition) is 1. The molecule has 0 saturated heterocycles. The second-order valence-corrected chi connectivity index (χ2v) is 18.0. The maximum absolute atomic E-state index is 12.5. The first-order valence-electron chi connectivity index (χ1n) is 19.5. The van der Waals surface area contributed by atoms with Gasteiger partial charge in [0.25, 0.3) is 0 Å². The van der Waals surface area contributed by atoms with Gasteiger partial charge in [-0.3, -0.25) is 19.2 Å². The van der Waals surface area contributed by atoms with Crippen LogP contribution in [0.1, 0.15) is 157 Å². The molecule has 0 aliphatic carbocycles. The molecule has 1 N–H and O–H groups in total. The SMILES string of the molecule is CC(C)(C)OC(=O)OC(=O)OC(C)(C)C.CCOC(=O)CC[C@@H](C(C)=O)N(C(=O)OC(C)(C)C)C(=O)OC(C)(C)C.CCOC(=O)CC[C@H](NC(=O)OC(C)(C)C)C(C)=O. The number of ether oxygens (including phenoxy) is 8. The van der Waals surface area contributed by atoms with Crippen molar-refractivity contribution in [2.45, 2.75) is 197 Å². The van der Waals surface area contributed by atoms with Gasteiger partial charge in [0, 0.05) is 12.8 Å². The minimum atomic E-state index is -1.19. The summed E-state index contributed by atoms with van der Waals surface area (Å²) < 4.78 is 38.9. The van der Waals surface area contributed by atoms with E-state index in [4.69, 9.17) is 33.2 Å². The van der Waals surface area contributed by atoms with Crippen molar-refractivity contribution in [1.29, 1.82) is 0 Å². The van der Waals surface area contributed by atoms with Gasteiger partial charge in [-0.05, 0) is 144 Å². The lowest BCUT2D eigenvalue weighted by Crippen LogP contribution is -2.51. The van der Waals surface area contributed by atoms with Gasteiger partial charge in [0.15, 0.2) is 11.6 Å². The average Bonchev–Trinajstić information content (AvgIpc) is 2.97. The maximum atomic E-state index is 12.5. The highest BCUT2D eigenvalue weighted by molar-refractivity contribution is 5.96. The summed E-state index contributed by atoms with van der Waals surface area (Å²) in [5, 5.41) is 2.45. The summed E-state index contributed by atoms with van der Waals surface area (Å²) in [4.78, 5) is 106. The van der Waals surface area contributed by atoms with Crippen LogP contribution >= 0.6 is 0 Å². The largest absolute Gasteiger partial charge is 0.519 e. The predicted octanol–water partition coefficient (Wildman–Crippen LogP) is 8.14. The van der Waals surface area contributed by atoms with E-state index in [1.54, 1.807) is 118 Å². The fraction of sp³-hybridized carbons (Fsp3) is 0.780. The van der Waals surface area contributed by atoms with E-state index in [2.05, 4.69) is 10.1 Å². The van der Waals surface area contributed by atoms with Crippen LogP contribution in [0.25, 0.3) is 0 Å². The Morgan fingerprint density at radius 3 is 1.10 bits per heavy atom. The van der Waals surface area contributed by atoms with Crippen LogP contribution in [-0.4, -0.2) is 112 Å². The number of Topliss-reactive ketones (excluding diaryl/α,β-unsaturated/α-hetero) is 2. The molecule has 0 fully saturated rings. The summed E-state index contributed by atoms with van der Waals surface area (Å²) >= 11 is 0. The molecule has 0 unspecified atom stereocenters. The van der Waals surface area contributed by atoms with Crippen molar-refractivity contribution in [3.63, 3.8) is 0 Å². The molecule has 3 amide bonds. The Balaban J connectivity index is -0.000000847. The number of rotatable bonds is 12. The normalized spacial score (nSPS) is 12.4. The zero-order valence-electron chi connectivity index (χ0n) is 39.3. The van der Waals surface area contributed by atoms with Gasteiger partial charge in [-0.25, -0.2) is 28.9 Å². The number of hydrogen-bond acceptors (Lipinski definition) is 17. The highest BCUT2D eigenvalue weighted by atomic mass is 16.8. The third kappa shape index (κ3) is 35.0. The van der Waals surface area contributed by atoms with E-state index in [1.165, 1.54) is 13.8 Å². The molecule has 0 aromatic heterocycles. The van der Waals surface area contributed by atoms with Gasteiger partial charge in [0.1, 0.15) is 34.0 Å². The number of nitrogens with one attached hydrogen (secondary N) is 1. The van der Waals surface area contributed by atoms with Crippen LogP contribution in [0.2, 0.25) is 0 Å². The molecule has 0 bridgehead atoms. The fourth-order valence-corrected chi connectivity index (χ4v) is 3.89. The molecular weight excluding hydrogens is 792 g/mol. The zero-order chi connectivity index (χ0) is 48.0. The maximum Gasteiger partial charge on any atom is 0.519 e. The number of imide groups is 1. The second kappa shape index (κ2) is 26.3. The van der Waals surface area contributed by atoms with E-state index in [9.17, 15) is 43.2 Å². The summed E-state index contributed by atoms with van der Waals surface area (Å²) in [5.41, 5.74) is -3.77. The Kier molecular flexibility index (Phi) is 26.0. The number of carbonyl (C=O) groups excluding carboxylic acids is 9. The third-order valence-electron chi connectivity index (χ3n) is 5.96. The van der Waals surface area contributed by atoms with Crippen LogP contribution in [0, 0.1) is 0 Å². The minimum absolute atomic E-state index is 0.0767. The monoisotopic (exact) mass is 864 g/mol. The van der Waals surface area contributed by atoms with Crippen LogP contribution in [0.15, 0.2) is 0 Å². The third-order valence-corrected chi connectivity index (χ3v) is 5.96. The highest BCUT2D eigenvalue weighted by Crippen LogP contribution is 2.20. The minimum Gasteiger partial charge on any atom is -0.466 e. The number of amides is 3. The number of nitrogens with zero attached hydrogens (tertiary/aromatic N) is 1. The smallest absolute Gasteiger partial charge is 0.466 e. The lowest BCUT2D eigenvalue weighted by molar-refractivity contribution is -0.144. The Labute approximate surface area is 355 Å². The summed E-state index contributed by atoms with van der Waals surface area (Å²) in [5.74, 6) is -1.60. The Morgan fingerprint density at radius 1 is 0.483 bits per heavy atom. The van der Waals surface area contributed by atoms with Gasteiger partial charge in [0.05, 0.1) is 19.3 Å². The molecule has 0 heterocycles. The Bertz CT molecular complexity index is 1380. The second-order valence-electron chi connectivity index (χ2n) is 18.0. The van der Waals surface area contributed by atoms with Crippen LogP contribution in [0.3, 0.4) is 0 Å². The van der Waals surface area contributed by atoms with Crippen molar-refractivity contribution in [3.8, 4) is 0 Å². The lowest BCUT2D eigenvalue weighted by Gasteiger charge is -2.32. The van der Waals surface area contributed by atoms with E-state index in [0.717, 1.165) is 0 Å². The van der Waals surface area contributed by atoms with E-state index in [1.807, 2.05) is 0 Å². The van der Waals surface area contributed by atoms with Gasteiger partial charge in [-0.15, -0.1) is 0 Å². The first-order chi connectivity index (χ1) is 26.8. The van der Waals surface area contributed by atoms with E-state index < -0.39 is 82.4 Å². The predicted molar refractivity (Wildman–Crippen MR) is 218 cm³/mol. The van der Waals surface area contributed by atoms with Gasteiger partial charge in [-0.1, -0.05) is 0 Å². The Morgan fingerprint density at radius 2 is 0.817 bits per heavy atom. The van der Waals surface area contributed by atoms with Crippen LogP contribution < -0.4 is 5.32 Å². The van der Waals surface area contributed by atoms with Crippen LogP contribution in [0.4, 0.5) is 24.0 Å². The van der Waals surface area contributed by atoms with Gasteiger partial charge in [-0.2, -0.15) is 0 Å². The fourth-order valence-electron chi connectivity index (χ4n) is 3.89. The van der Waals surface area contributed by atoms with E-state index in [0.29, 0.717) is 11.5 Å². The molecule has 0 aromatic rings. The van der Waals surface area contributed by atoms with Crippen molar-refractivity contribution in [2.24, 2.45) is 0 Å². The lowest BCUT2D eigenvalue weighted by atomic mass is 10.1. The summed E-state index contributed by atoms with van der Waals surface area (Å²) in [6.45, 7) is 31.5. The van der Waals surface area contributed by atoms with Gasteiger partial charge >= 0.3 is 42.5 Å². The highest BCUT2D eigenvalue weighted by Gasteiger charge is 2.39. The average molecular weight is 865 g/mol. The van der Waals surface area contributed by atoms with Crippen LogP contribution in [0.5, 0.6) is 0 Å². The molecule has 0 rings (SSSR count). The molecule has 0 aliphatic heterocycles. The molecule has 2 atom stereocenters. The van der Waals surface area contributed by atoms with Crippen molar-refractivity contribution < 1.29 is 81.0 Å². The molecule has 0 aromatic carbocycles. The van der Waals surface area contributed by atoms with E-state index in [-0.39, 0.29) is 44.0 Å². The summed E-state index contributed by atoms with van der Waals surface area (Å²) in [7, 11) is 0. The first-order valence-corrected chi connectivity index (χ1v) is 19.5. The first kappa shape index (κ1) is 59.3. The standard InChI is InChI=1S/C18H31NO7.C13H23NO5.C10H18O5/c1-9-24-14(21)11-10-13(12(2)20)19(15(22)25-17(3,4)5)16(23)26-18(6,7)8;1-6-18-11(16)8-7-10(9(2)15)14-12(17)19-13(3,4)5;1-9(2,3)14-7(11)13-8(12)15-10(4,5)6/h13H,9-11H2,1-8H3;10H,6-8H2,1-5H3,(H,14,17);1-6H3/t13-;10-;/m00./s1. The number of ketones is 2. The Hall–Kier alpha value is -4.97. The topological polar surface area (TPSA) is 243 Å². The molecule has 19 nitrogen and oxygen atoms in total. The van der Waals surface area contributed by atoms with E-state index >= 15 is 0 Å². The molecule has 60 heavy (non-hydrogen) atoms. The van der Waals surface area contributed by atoms with Gasteiger partial charge in [0.2, 0.25) is 0 Å².